The molecule has 250 valence electrons. The molecule has 0 radical (unpaired) electrons. The van der Waals surface area contributed by atoms with E-state index in [9.17, 15) is 24.4 Å². The lowest BCUT2D eigenvalue weighted by Crippen LogP contribution is -2.30. The smallest absolute Gasteiger partial charge is 0.272 e. The number of carbonyl (C=O) groups excluding carboxylic acids is 4. The Morgan fingerprint density at radius 3 is 2.20 bits per heavy atom. The van der Waals surface area contributed by atoms with Crippen LogP contribution >= 0.6 is 34.7 Å². The van der Waals surface area contributed by atoms with Crippen LogP contribution in [0.3, 0.4) is 0 Å². The number of thiophene rings is 1. The molecule has 5 rings (SSSR count). The van der Waals surface area contributed by atoms with Gasteiger partial charge in [-0.2, -0.15) is 5.26 Å². The molecule has 4 aromatic carbocycles. The summed E-state index contributed by atoms with van der Waals surface area (Å²) < 4.78 is 0. The van der Waals surface area contributed by atoms with E-state index in [1.807, 2.05) is 6.07 Å². The van der Waals surface area contributed by atoms with Gasteiger partial charge in [-0.25, -0.2) is 0 Å². The van der Waals surface area contributed by atoms with E-state index in [0.717, 1.165) is 11.3 Å². The SMILES string of the molecule is Cc1c(C(=O)Nc2ccccc2)sc(NC(=O)C(C)Sc2cccc(NC(=O)/C(=C/c3cccc(Cl)c3)NC(=O)c3ccccc3)c2)c1C#N. The van der Waals surface area contributed by atoms with Crippen molar-refractivity contribution in [1.82, 2.24) is 5.32 Å². The summed E-state index contributed by atoms with van der Waals surface area (Å²) in [7, 11) is 0. The molecule has 1 aromatic heterocycles. The van der Waals surface area contributed by atoms with Gasteiger partial charge in [0.1, 0.15) is 16.8 Å². The molecule has 0 spiro atoms. The minimum absolute atomic E-state index is 0.00304. The summed E-state index contributed by atoms with van der Waals surface area (Å²) in [5.74, 6) is -1.76. The fraction of sp³-hybridized carbons (Fsp3) is 0.0789. The third-order valence-electron chi connectivity index (χ3n) is 7.20. The largest absolute Gasteiger partial charge is 0.321 e. The Kier molecular flexibility index (Phi) is 11.9. The minimum Gasteiger partial charge on any atom is -0.321 e. The summed E-state index contributed by atoms with van der Waals surface area (Å²) in [6, 6.07) is 33.4. The van der Waals surface area contributed by atoms with E-state index in [1.165, 1.54) is 17.8 Å². The Bertz CT molecular complexity index is 2130. The van der Waals surface area contributed by atoms with Crippen LogP contribution in [-0.2, 0) is 9.59 Å². The maximum atomic E-state index is 13.5. The van der Waals surface area contributed by atoms with Crippen LogP contribution in [-0.4, -0.2) is 28.9 Å². The average Bonchev–Trinajstić information content (AvgIpc) is 3.43. The first-order chi connectivity index (χ1) is 24.1. The van der Waals surface area contributed by atoms with Gasteiger partial charge in [0.2, 0.25) is 5.91 Å². The molecule has 5 aromatic rings. The van der Waals surface area contributed by atoms with Crippen molar-refractivity contribution in [3.8, 4) is 6.07 Å². The summed E-state index contributed by atoms with van der Waals surface area (Å²) in [5, 5.41) is 21.1. The molecule has 1 unspecified atom stereocenters. The minimum atomic E-state index is -0.611. The Balaban J connectivity index is 1.27. The Hall–Kier alpha value is -5.67. The van der Waals surface area contributed by atoms with Crippen LogP contribution in [0.1, 0.15) is 43.6 Å². The quantitative estimate of drug-likeness (QED) is 0.0799. The number of nitrogens with one attached hydrogen (secondary N) is 4. The zero-order valence-electron chi connectivity index (χ0n) is 26.8. The highest BCUT2D eigenvalue weighted by molar-refractivity contribution is 8.00. The van der Waals surface area contributed by atoms with Crippen molar-refractivity contribution in [2.45, 2.75) is 24.0 Å². The van der Waals surface area contributed by atoms with Crippen LogP contribution in [0.5, 0.6) is 0 Å². The van der Waals surface area contributed by atoms with Gasteiger partial charge < -0.3 is 21.3 Å². The lowest BCUT2D eigenvalue weighted by Gasteiger charge is -2.14. The van der Waals surface area contributed by atoms with Crippen molar-refractivity contribution in [1.29, 1.82) is 5.26 Å². The molecule has 0 aliphatic carbocycles. The van der Waals surface area contributed by atoms with Gasteiger partial charge in [-0.1, -0.05) is 66.2 Å². The Labute approximate surface area is 302 Å². The molecule has 0 bridgehead atoms. The summed E-state index contributed by atoms with van der Waals surface area (Å²) >= 11 is 8.44. The summed E-state index contributed by atoms with van der Waals surface area (Å²) in [4.78, 5) is 53.7. The first kappa shape index (κ1) is 35.6. The number of rotatable bonds is 11. The van der Waals surface area contributed by atoms with E-state index < -0.39 is 17.1 Å². The number of anilines is 3. The van der Waals surface area contributed by atoms with E-state index in [1.54, 1.807) is 117 Å². The van der Waals surface area contributed by atoms with E-state index in [4.69, 9.17) is 11.6 Å². The second kappa shape index (κ2) is 16.6. The second-order valence-corrected chi connectivity index (χ2v) is 13.7. The van der Waals surface area contributed by atoms with Crippen LogP contribution in [0.4, 0.5) is 16.4 Å². The zero-order chi connectivity index (χ0) is 35.6. The lowest BCUT2D eigenvalue weighted by molar-refractivity contribution is -0.115. The molecule has 12 heteroatoms. The molecule has 4 N–H and O–H groups in total. The lowest BCUT2D eigenvalue weighted by atomic mass is 10.1. The van der Waals surface area contributed by atoms with Crippen molar-refractivity contribution >= 4 is 80.8 Å². The first-order valence-corrected chi connectivity index (χ1v) is 17.3. The van der Waals surface area contributed by atoms with Gasteiger partial charge in [0.15, 0.2) is 0 Å². The van der Waals surface area contributed by atoms with E-state index in [2.05, 4.69) is 27.3 Å². The third kappa shape index (κ3) is 9.27. The second-order valence-electron chi connectivity index (χ2n) is 10.9. The number of amides is 4. The van der Waals surface area contributed by atoms with Crippen LogP contribution in [0.2, 0.25) is 5.02 Å². The molecule has 50 heavy (non-hydrogen) atoms. The Morgan fingerprint density at radius 2 is 1.50 bits per heavy atom. The topological polar surface area (TPSA) is 140 Å². The first-order valence-electron chi connectivity index (χ1n) is 15.2. The van der Waals surface area contributed by atoms with Gasteiger partial charge in [0.05, 0.1) is 15.7 Å². The fourth-order valence-electron chi connectivity index (χ4n) is 4.68. The highest BCUT2D eigenvalue weighted by atomic mass is 35.5. The van der Waals surface area contributed by atoms with Crippen LogP contribution in [0, 0.1) is 18.3 Å². The van der Waals surface area contributed by atoms with E-state index >= 15 is 0 Å². The molecule has 9 nitrogen and oxygen atoms in total. The molecule has 0 saturated carbocycles. The van der Waals surface area contributed by atoms with Crippen LogP contribution in [0.15, 0.2) is 120 Å². The third-order valence-corrected chi connectivity index (χ3v) is 9.73. The van der Waals surface area contributed by atoms with Gasteiger partial charge in [0, 0.05) is 26.9 Å². The summed E-state index contributed by atoms with van der Waals surface area (Å²) in [5.41, 5.74) is 2.76. The highest BCUT2D eigenvalue weighted by Crippen LogP contribution is 2.34. The summed E-state index contributed by atoms with van der Waals surface area (Å²) in [6.45, 7) is 3.39. The average molecular weight is 720 g/mol. The normalized spacial score (nSPS) is 11.5. The predicted octanol–water partition coefficient (Wildman–Crippen LogP) is 8.36. The number of carbonyl (C=O) groups is 4. The summed E-state index contributed by atoms with van der Waals surface area (Å²) in [6.07, 6.45) is 1.53. The van der Waals surface area contributed by atoms with Crippen LogP contribution in [0.25, 0.3) is 6.08 Å². The van der Waals surface area contributed by atoms with Gasteiger partial charge in [-0.3, -0.25) is 19.2 Å². The molecular formula is C38H30ClN5O4S2. The maximum Gasteiger partial charge on any atom is 0.272 e. The molecule has 4 amide bonds. The molecule has 0 aliphatic heterocycles. The van der Waals surface area contributed by atoms with E-state index in [-0.39, 0.29) is 23.1 Å². The van der Waals surface area contributed by atoms with Gasteiger partial charge >= 0.3 is 0 Å². The molecule has 1 atom stereocenters. The highest BCUT2D eigenvalue weighted by Gasteiger charge is 2.24. The van der Waals surface area contributed by atoms with Crippen molar-refractivity contribution in [2.24, 2.45) is 0 Å². The van der Waals surface area contributed by atoms with Gasteiger partial charge in [-0.05, 0) is 85.6 Å². The van der Waals surface area contributed by atoms with Crippen molar-refractivity contribution in [3.63, 3.8) is 0 Å². The number of halogens is 1. The number of para-hydroxylation sites is 1. The van der Waals surface area contributed by atoms with Gasteiger partial charge in [-0.15, -0.1) is 23.1 Å². The number of nitrogens with zero attached hydrogens (tertiary/aromatic N) is 1. The number of thioether (sulfide) groups is 1. The van der Waals surface area contributed by atoms with E-state index in [0.29, 0.717) is 47.9 Å². The number of hydrogen-bond donors (Lipinski definition) is 4. The zero-order valence-corrected chi connectivity index (χ0v) is 29.2. The predicted molar refractivity (Wildman–Crippen MR) is 201 cm³/mol. The van der Waals surface area contributed by atoms with Crippen molar-refractivity contribution < 1.29 is 19.2 Å². The number of benzene rings is 4. The molecule has 0 aliphatic rings. The molecule has 0 saturated heterocycles. The number of hydrogen-bond acceptors (Lipinski definition) is 7. The Morgan fingerprint density at radius 1 is 0.820 bits per heavy atom. The molecule has 1 heterocycles. The van der Waals surface area contributed by atoms with Crippen LogP contribution < -0.4 is 21.3 Å². The molecular weight excluding hydrogens is 690 g/mol. The number of nitriles is 1. The fourth-order valence-corrected chi connectivity index (χ4v) is 6.86. The van der Waals surface area contributed by atoms with Crippen molar-refractivity contribution in [2.75, 3.05) is 16.0 Å². The van der Waals surface area contributed by atoms with Crippen molar-refractivity contribution in [3.05, 3.63) is 147 Å². The maximum absolute atomic E-state index is 13.5. The monoisotopic (exact) mass is 719 g/mol. The van der Waals surface area contributed by atoms with Gasteiger partial charge in [0.25, 0.3) is 17.7 Å². The molecule has 0 fully saturated rings. The standard InChI is InChI=1S/C38H30ClN5O4S2/c1-23-31(22-40)38(50-33(23)37(48)41-28-15-7-4-8-16-28)44-34(45)24(2)49-30-18-10-17-29(21-30)42-36(47)32(20-25-11-9-14-27(39)19-25)43-35(46)26-12-5-3-6-13-26/h3-21,24H,1-2H3,(H,41,48)(H,42,47)(H,43,46)(H,44,45)/b32-20-.